The number of para-hydroxylation sites is 1. The minimum absolute atomic E-state index is 0.0636. The molecule has 0 radical (unpaired) electrons. The van der Waals surface area contributed by atoms with Crippen LogP contribution in [0.15, 0.2) is 29.2 Å². The van der Waals surface area contributed by atoms with Gasteiger partial charge in [-0.15, -0.1) is 11.8 Å². The Labute approximate surface area is 135 Å². The molecule has 2 aliphatic rings. The highest BCUT2D eigenvalue weighted by Gasteiger charge is 2.30. The van der Waals surface area contributed by atoms with Crippen molar-refractivity contribution >= 4 is 29.3 Å². The van der Waals surface area contributed by atoms with Gasteiger partial charge in [0.2, 0.25) is 11.8 Å². The highest BCUT2D eigenvalue weighted by Crippen LogP contribution is 2.36. The van der Waals surface area contributed by atoms with E-state index in [4.69, 9.17) is 0 Å². The fraction of sp³-hybridized carbons (Fsp3) is 0.529. The lowest BCUT2D eigenvalue weighted by Crippen LogP contribution is -2.37. The maximum atomic E-state index is 12.4. The summed E-state index contributed by atoms with van der Waals surface area (Å²) in [5.74, 6) is 0.646. The topological polar surface area (TPSA) is 49.4 Å². The lowest BCUT2D eigenvalue weighted by molar-refractivity contribution is -0.131. The first kappa shape index (κ1) is 15.4. The van der Waals surface area contributed by atoms with E-state index in [2.05, 4.69) is 5.32 Å². The van der Waals surface area contributed by atoms with Crippen molar-refractivity contribution < 1.29 is 9.59 Å². The summed E-state index contributed by atoms with van der Waals surface area (Å²) in [4.78, 5) is 27.4. The first-order valence-corrected chi connectivity index (χ1v) is 8.82. The Morgan fingerprint density at radius 2 is 2.05 bits per heavy atom. The fourth-order valence-corrected chi connectivity index (χ4v) is 4.33. The molecule has 0 spiro atoms. The van der Waals surface area contributed by atoms with Gasteiger partial charge in [-0.1, -0.05) is 25.0 Å². The lowest BCUT2D eigenvalue weighted by atomic mass is 10.1. The van der Waals surface area contributed by atoms with Gasteiger partial charge in [0.15, 0.2) is 0 Å². The monoisotopic (exact) mass is 318 g/mol. The number of hydrogen-bond acceptors (Lipinski definition) is 3. The molecule has 1 saturated carbocycles. The van der Waals surface area contributed by atoms with Crippen molar-refractivity contribution in [2.24, 2.45) is 5.92 Å². The van der Waals surface area contributed by atoms with Crippen LogP contribution < -0.4 is 5.32 Å². The molecule has 1 aliphatic carbocycles. The van der Waals surface area contributed by atoms with Gasteiger partial charge in [-0.25, -0.2) is 0 Å². The van der Waals surface area contributed by atoms with Crippen molar-refractivity contribution in [3.05, 3.63) is 24.3 Å². The van der Waals surface area contributed by atoms with Crippen LogP contribution in [0.1, 0.15) is 32.1 Å². The Hall–Kier alpha value is -1.49. The summed E-state index contributed by atoms with van der Waals surface area (Å²) in [5, 5.41) is 2.57. The van der Waals surface area contributed by atoms with Gasteiger partial charge in [-0.05, 0) is 30.9 Å². The Bertz CT molecular complexity index is 570. The van der Waals surface area contributed by atoms with Gasteiger partial charge in [0.25, 0.3) is 0 Å². The van der Waals surface area contributed by atoms with Crippen molar-refractivity contribution in [2.75, 3.05) is 18.9 Å². The molecule has 1 aromatic rings. The molecule has 1 aromatic carbocycles. The molecule has 4 nitrogen and oxygen atoms in total. The second-order valence-corrected chi connectivity index (χ2v) is 7.47. The Morgan fingerprint density at radius 3 is 2.82 bits per heavy atom. The second kappa shape index (κ2) is 6.73. The normalized spacial score (nSPS) is 21.3. The molecular formula is C17H22N2O2S. The van der Waals surface area contributed by atoms with Gasteiger partial charge in [0.1, 0.15) is 0 Å². The van der Waals surface area contributed by atoms with Crippen LogP contribution in [0.5, 0.6) is 0 Å². The molecule has 1 atom stereocenters. The number of fused-ring (bicyclic) bond motifs is 1. The zero-order valence-electron chi connectivity index (χ0n) is 12.9. The smallest absolute Gasteiger partial charge is 0.238 e. The summed E-state index contributed by atoms with van der Waals surface area (Å²) in [7, 11) is 1.86. The van der Waals surface area contributed by atoms with Crippen LogP contribution in [0.4, 0.5) is 5.69 Å². The molecule has 0 saturated heterocycles. The molecule has 1 fully saturated rings. The zero-order chi connectivity index (χ0) is 15.5. The summed E-state index contributed by atoms with van der Waals surface area (Å²) >= 11 is 1.49. The zero-order valence-corrected chi connectivity index (χ0v) is 13.7. The first-order chi connectivity index (χ1) is 10.6. The predicted molar refractivity (Wildman–Crippen MR) is 88.9 cm³/mol. The maximum absolute atomic E-state index is 12.4. The van der Waals surface area contributed by atoms with E-state index in [0.717, 1.165) is 17.1 Å². The highest BCUT2D eigenvalue weighted by atomic mass is 32.2. The average Bonchev–Trinajstić information content (AvgIpc) is 3.00. The standard InChI is InChI=1S/C17H22N2O2S/c1-19(11-12-6-2-3-7-12)16(20)10-15-17(21)18-13-8-4-5-9-14(13)22-15/h4-5,8-9,12,15H,2-3,6-7,10-11H2,1H3,(H,18,21)/t15-/m0/s1. The SMILES string of the molecule is CN(CC1CCCC1)C(=O)C[C@@H]1Sc2ccccc2NC1=O. The van der Waals surface area contributed by atoms with Gasteiger partial charge >= 0.3 is 0 Å². The minimum atomic E-state index is -0.326. The largest absolute Gasteiger partial charge is 0.345 e. The van der Waals surface area contributed by atoms with E-state index in [0.29, 0.717) is 5.92 Å². The van der Waals surface area contributed by atoms with Crippen LogP contribution in [0, 0.1) is 5.92 Å². The van der Waals surface area contributed by atoms with Crippen LogP contribution >= 0.6 is 11.8 Å². The van der Waals surface area contributed by atoms with Gasteiger partial charge in [-0.2, -0.15) is 0 Å². The first-order valence-electron chi connectivity index (χ1n) is 7.94. The van der Waals surface area contributed by atoms with E-state index in [1.165, 1.54) is 37.4 Å². The highest BCUT2D eigenvalue weighted by molar-refractivity contribution is 8.01. The summed E-state index contributed by atoms with van der Waals surface area (Å²) in [6.45, 7) is 0.828. The summed E-state index contributed by atoms with van der Waals surface area (Å²) in [5.41, 5.74) is 0.848. The van der Waals surface area contributed by atoms with Gasteiger partial charge in [0.05, 0.1) is 10.9 Å². The lowest BCUT2D eigenvalue weighted by Gasteiger charge is -2.26. The van der Waals surface area contributed by atoms with Crippen LogP contribution in [0.25, 0.3) is 0 Å². The third-order valence-corrected chi connectivity index (χ3v) is 5.77. The quantitative estimate of drug-likeness (QED) is 0.928. The average molecular weight is 318 g/mol. The summed E-state index contributed by atoms with van der Waals surface area (Å²) in [6, 6.07) is 7.73. The molecule has 3 rings (SSSR count). The number of thioether (sulfide) groups is 1. The van der Waals surface area contributed by atoms with E-state index in [1.807, 2.05) is 36.2 Å². The van der Waals surface area contributed by atoms with Crippen molar-refractivity contribution in [3.63, 3.8) is 0 Å². The van der Waals surface area contributed by atoms with Gasteiger partial charge in [0, 0.05) is 24.9 Å². The molecule has 1 heterocycles. The van der Waals surface area contributed by atoms with Crippen LogP contribution in [-0.4, -0.2) is 35.6 Å². The third kappa shape index (κ3) is 3.46. The Kier molecular flexibility index (Phi) is 4.71. The molecule has 1 aliphatic heterocycles. The molecule has 0 unspecified atom stereocenters. The molecule has 2 amide bonds. The predicted octanol–water partition coefficient (Wildman–Crippen LogP) is 3.14. The molecule has 1 N–H and O–H groups in total. The summed E-state index contributed by atoms with van der Waals surface area (Å²) in [6.07, 6.45) is 5.29. The molecule has 22 heavy (non-hydrogen) atoms. The Morgan fingerprint density at radius 1 is 1.32 bits per heavy atom. The number of carbonyl (C=O) groups excluding carboxylic acids is 2. The number of anilines is 1. The molecule has 0 bridgehead atoms. The van der Waals surface area contributed by atoms with E-state index in [9.17, 15) is 9.59 Å². The number of nitrogens with zero attached hydrogens (tertiary/aromatic N) is 1. The van der Waals surface area contributed by atoms with Crippen molar-refractivity contribution in [3.8, 4) is 0 Å². The number of hydrogen-bond donors (Lipinski definition) is 1. The van der Waals surface area contributed by atoms with E-state index in [1.54, 1.807) is 0 Å². The molecule has 118 valence electrons. The van der Waals surface area contributed by atoms with Crippen LogP contribution in [0.2, 0.25) is 0 Å². The number of benzene rings is 1. The second-order valence-electron chi connectivity index (χ2n) is 6.22. The maximum Gasteiger partial charge on any atom is 0.238 e. The van der Waals surface area contributed by atoms with Crippen LogP contribution in [-0.2, 0) is 9.59 Å². The number of amides is 2. The summed E-state index contributed by atoms with van der Waals surface area (Å²) < 4.78 is 0. The van der Waals surface area contributed by atoms with Crippen molar-refractivity contribution in [2.45, 2.75) is 42.2 Å². The Balaban J connectivity index is 1.58. The van der Waals surface area contributed by atoms with Crippen molar-refractivity contribution in [1.82, 2.24) is 4.90 Å². The minimum Gasteiger partial charge on any atom is -0.345 e. The fourth-order valence-electron chi connectivity index (χ4n) is 3.22. The third-order valence-electron chi connectivity index (χ3n) is 4.50. The van der Waals surface area contributed by atoms with Gasteiger partial charge in [-0.3, -0.25) is 9.59 Å². The van der Waals surface area contributed by atoms with E-state index >= 15 is 0 Å². The van der Waals surface area contributed by atoms with Gasteiger partial charge < -0.3 is 10.2 Å². The molecule has 5 heteroatoms. The number of rotatable bonds is 4. The van der Waals surface area contributed by atoms with Crippen molar-refractivity contribution in [1.29, 1.82) is 0 Å². The van der Waals surface area contributed by atoms with E-state index in [-0.39, 0.29) is 23.5 Å². The van der Waals surface area contributed by atoms with Crippen LogP contribution in [0.3, 0.4) is 0 Å². The number of carbonyl (C=O) groups is 2. The molecular weight excluding hydrogens is 296 g/mol. The van der Waals surface area contributed by atoms with E-state index < -0.39 is 0 Å². The number of nitrogens with one attached hydrogen (secondary N) is 1. The molecule has 0 aromatic heterocycles.